The van der Waals surface area contributed by atoms with E-state index in [4.69, 9.17) is 5.84 Å². The van der Waals surface area contributed by atoms with Crippen LogP contribution in [-0.4, -0.2) is 16.0 Å². The highest BCUT2D eigenvalue weighted by Crippen LogP contribution is 2.63. The first-order chi connectivity index (χ1) is 9.81. The van der Waals surface area contributed by atoms with Crippen LogP contribution in [0.25, 0.3) is 10.2 Å². The molecule has 21 heavy (non-hydrogen) atoms. The molecule has 0 radical (unpaired) electrons. The van der Waals surface area contributed by atoms with Crippen molar-refractivity contribution in [3.8, 4) is 0 Å². The predicted molar refractivity (Wildman–Crippen MR) is 89.6 cm³/mol. The lowest BCUT2D eigenvalue weighted by molar-refractivity contribution is 0.457. The number of nitrogens with zero attached hydrogens (tertiary/aromatic N) is 2. The van der Waals surface area contributed by atoms with E-state index in [0.717, 1.165) is 22.5 Å². The normalized spacial score (nSPS) is 19.7. The molecule has 3 rings (SSSR count). The van der Waals surface area contributed by atoms with Crippen molar-refractivity contribution in [3.05, 3.63) is 10.9 Å². The molecule has 2 aromatic rings. The van der Waals surface area contributed by atoms with E-state index in [0.29, 0.717) is 12.0 Å². The molecular weight excluding hydrogens is 282 g/mol. The molecule has 1 aliphatic carbocycles. The predicted octanol–water partition coefficient (Wildman–Crippen LogP) is 3.39. The number of rotatable bonds is 4. The molecule has 4 N–H and O–H groups in total. The van der Waals surface area contributed by atoms with Crippen molar-refractivity contribution in [1.29, 1.82) is 0 Å². The first-order valence-electron chi connectivity index (χ1n) is 7.35. The summed E-state index contributed by atoms with van der Waals surface area (Å²) in [6.07, 6.45) is 1.01. The molecule has 0 amide bonds. The van der Waals surface area contributed by atoms with Crippen LogP contribution in [0.1, 0.15) is 39.5 Å². The number of hydrogen-bond acceptors (Lipinski definition) is 6. The molecule has 0 bridgehead atoms. The summed E-state index contributed by atoms with van der Waals surface area (Å²) in [6.45, 7) is 11.3. The zero-order chi connectivity index (χ0) is 15.4. The monoisotopic (exact) mass is 305 g/mol. The summed E-state index contributed by atoms with van der Waals surface area (Å²) < 4.78 is 0. The maximum atomic E-state index is 5.50. The summed E-state index contributed by atoms with van der Waals surface area (Å²) in [5.41, 5.74) is 3.07. The van der Waals surface area contributed by atoms with Crippen molar-refractivity contribution >= 4 is 33.3 Å². The summed E-state index contributed by atoms with van der Waals surface area (Å²) in [7, 11) is 0. The van der Waals surface area contributed by atoms with Gasteiger partial charge in [0.15, 0.2) is 0 Å². The molecule has 0 aromatic carbocycles. The number of nitrogens with one attached hydrogen (secondary N) is 2. The Morgan fingerprint density at radius 1 is 1.24 bits per heavy atom. The number of nitrogens with two attached hydrogens (primary N) is 1. The maximum absolute atomic E-state index is 5.50. The van der Waals surface area contributed by atoms with E-state index in [-0.39, 0.29) is 10.8 Å². The fraction of sp³-hybridized carbons (Fsp3) is 0.600. The Labute approximate surface area is 129 Å². The molecule has 1 fully saturated rings. The molecule has 1 aliphatic rings. The second-order valence-corrected chi connectivity index (χ2v) is 7.96. The molecule has 0 aliphatic heterocycles. The van der Waals surface area contributed by atoms with Gasteiger partial charge in [-0.1, -0.05) is 34.6 Å². The van der Waals surface area contributed by atoms with Gasteiger partial charge in [-0.05, 0) is 23.3 Å². The lowest BCUT2D eigenvalue weighted by Crippen LogP contribution is -2.15. The van der Waals surface area contributed by atoms with Crippen LogP contribution < -0.4 is 16.6 Å². The summed E-state index contributed by atoms with van der Waals surface area (Å²) in [4.78, 5) is 11.3. The second-order valence-electron chi connectivity index (χ2n) is 6.85. The van der Waals surface area contributed by atoms with Crippen LogP contribution in [0, 0.1) is 10.8 Å². The fourth-order valence-corrected chi connectivity index (χ4v) is 3.98. The molecule has 6 heteroatoms. The van der Waals surface area contributed by atoms with Crippen molar-refractivity contribution in [1.82, 2.24) is 9.97 Å². The SMILES string of the molecule is CCc1cc2c(NC3C(C)(C)C3(C)C)nc(NN)nc2s1. The smallest absolute Gasteiger partial charge is 0.240 e. The number of aromatic nitrogens is 2. The van der Waals surface area contributed by atoms with Crippen LogP contribution in [-0.2, 0) is 6.42 Å². The third-order valence-corrected chi connectivity index (χ3v) is 6.40. The number of fused-ring (bicyclic) bond motifs is 1. The van der Waals surface area contributed by atoms with Crippen LogP contribution in [0.2, 0.25) is 0 Å². The minimum absolute atomic E-state index is 0.254. The molecule has 1 saturated carbocycles. The van der Waals surface area contributed by atoms with Crippen molar-refractivity contribution in [2.45, 2.75) is 47.1 Å². The van der Waals surface area contributed by atoms with E-state index in [9.17, 15) is 0 Å². The van der Waals surface area contributed by atoms with Crippen LogP contribution in [0.15, 0.2) is 6.07 Å². The highest BCUT2D eigenvalue weighted by Gasteiger charge is 2.65. The summed E-state index contributed by atoms with van der Waals surface area (Å²) in [5, 5.41) is 4.70. The van der Waals surface area contributed by atoms with Gasteiger partial charge >= 0.3 is 0 Å². The Hall–Kier alpha value is -1.40. The van der Waals surface area contributed by atoms with Crippen molar-refractivity contribution in [3.63, 3.8) is 0 Å². The minimum atomic E-state index is 0.254. The molecule has 0 spiro atoms. The topological polar surface area (TPSA) is 75.9 Å². The first kappa shape index (κ1) is 14.5. The van der Waals surface area contributed by atoms with Gasteiger partial charge in [0.2, 0.25) is 5.95 Å². The number of hydrazine groups is 1. The van der Waals surface area contributed by atoms with Crippen LogP contribution in [0.4, 0.5) is 11.8 Å². The first-order valence-corrected chi connectivity index (χ1v) is 8.16. The Kier molecular flexibility index (Phi) is 3.15. The Morgan fingerprint density at radius 2 is 1.90 bits per heavy atom. The number of nitrogen functional groups attached to an aromatic ring is 1. The second kappa shape index (κ2) is 4.55. The van der Waals surface area contributed by atoms with Crippen molar-refractivity contribution in [2.24, 2.45) is 16.7 Å². The minimum Gasteiger partial charge on any atom is -0.366 e. The van der Waals surface area contributed by atoms with Crippen molar-refractivity contribution < 1.29 is 0 Å². The van der Waals surface area contributed by atoms with E-state index in [1.54, 1.807) is 11.3 Å². The molecule has 114 valence electrons. The Morgan fingerprint density at radius 3 is 2.43 bits per heavy atom. The number of aryl methyl sites for hydroxylation is 1. The van der Waals surface area contributed by atoms with Crippen molar-refractivity contribution in [2.75, 3.05) is 10.7 Å². The molecule has 5 nitrogen and oxygen atoms in total. The number of hydrogen-bond donors (Lipinski definition) is 3. The van der Waals surface area contributed by atoms with Gasteiger partial charge < -0.3 is 5.32 Å². The Bertz CT molecular complexity index is 675. The average molecular weight is 305 g/mol. The third kappa shape index (κ3) is 2.08. The number of anilines is 2. The van der Waals surface area contributed by atoms with E-state index in [2.05, 4.69) is 61.4 Å². The Balaban J connectivity index is 2.03. The van der Waals surface area contributed by atoms with Gasteiger partial charge in [-0.15, -0.1) is 11.3 Å². The van der Waals surface area contributed by atoms with E-state index >= 15 is 0 Å². The quantitative estimate of drug-likeness (QED) is 0.596. The van der Waals surface area contributed by atoms with E-state index < -0.39 is 0 Å². The van der Waals surface area contributed by atoms with Gasteiger partial charge in [-0.25, -0.2) is 10.8 Å². The lowest BCUT2D eigenvalue weighted by Gasteiger charge is -2.10. The highest BCUT2D eigenvalue weighted by atomic mass is 32.1. The maximum Gasteiger partial charge on any atom is 0.240 e. The van der Waals surface area contributed by atoms with Gasteiger partial charge in [0.25, 0.3) is 0 Å². The molecular formula is C15H23N5S. The molecule has 0 saturated heterocycles. The molecule has 0 unspecified atom stereocenters. The summed E-state index contributed by atoms with van der Waals surface area (Å²) in [6, 6.07) is 2.59. The molecule has 0 atom stereocenters. The largest absolute Gasteiger partial charge is 0.366 e. The highest BCUT2D eigenvalue weighted by molar-refractivity contribution is 7.18. The lowest BCUT2D eigenvalue weighted by atomic mass is 10.0. The fourth-order valence-electron chi connectivity index (χ4n) is 3.01. The van der Waals surface area contributed by atoms with Crippen LogP contribution in [0.5, 0.6) is 0 Å². The molecule has 2 heterocycles. The number of thiophene rings is 1. The average Bonchev–Trinajstić information content (AvgIpc) is 2.80. The zero-order valence-electron chi connectivity index (χ0n) is 13.2. The third-order valence-electron chi connectivity index (χ3n) is 5.22. The summed E-state index contributed by atoms with van der Waals surface area (Å²) >= 11 is 1.70. The summed E-state index contributed by atoms with van der Waals surface area (Å²) in [5.74, 6) is 6.85. The standard InChI is InChI=1S/C15H23N5S/c1-6-8-7-9-10(17-12-14(2,3)15(12,4)5)18-13(20-16)19-11(9)21-8/h7,12H,6,16H2,1-5H3,(H2,17,18,19,20). The van der Waals surface area contributed by atoms with Gasteiger partial charge in [0.1, 0.15) is 10.6 Å². The van der Waals surface area contributed by atoms with E-state index in [1.165, 1.54) is 4.88 Å². The van der Waals surface area contributed by atoms with Gasteiger partial charge in [-0.3, -0.25) is 5.43 Å². The van der Waals surface area contributed by atoms with Crippen LogP contribution in [0.3, 0.4) is 0 Å². The zero-order valence-corrected chi connectivity index (χ0v) is 14.1. The van der Waals surface area contributed by atoms with Crippen LogP contribution >= 0.6 is 11.3 Å². The van der Waals surface area contributed by atoms with Gasteiger partial charge in [-0.2, -0.15) is 4.98 Å². The van der Waals surface area contributed by atoms with Gasteiger partial charge in [0, 0.05) is 10.9 Å². The van der Waals surface area contributed by atoms with Gasteiger partial charge in [0.05, 0.1) is 5.39 Å². The molecule has 2 aromatic heterocycles. The van der Waals surface area contributed by atoms with E-state index in [1.807, 2.05) is 0 Å².